The number of β-amino-alcohol motifs (C(OH)–C–C–N with tert-alkyl or cyclic N) is 1. The molecule has 4 rings (SSSR count). The first-order valence-corrected chi connectivity index (χ1v) is 10.8. The van der Waals surface area contributed by atoms with E-state index in [0.29, 0.717) is 44.0 Å². The van der Waals surface area contributed by atoms with Crippen molar-refractivity contribution in [2.24, 2.45) is 5.73 Å². The van der Waals surface area contributed by atoms with Crippen LogP contribution < -0.4 is 15.4 Å². The number of aryl methyl sites for hydroxylation is 1. The second-order valence-electron chi connectivity index (χ2n) is 8.40. The van der Waals surface area contributed by atoms with Gasteiger partial charge in [0, 0.05) is 61.4 Å². The normalized spacial score (nSPS) is 18.2. The van der Waals surface area contributed by atoms with Gasteiger partial charge >= 0.3 is 0 Å². The van der Waals surface area contributed by atoms with Gasteiger partial charge in [-0.15, -0.1) is 0 Å². The highest BCUT2D eigenvalue weighted by Crippen LogP contribution is 2.32. The Morgan fingerprint density at radius 2 is 2.19 bits per heavy atom. The quantitative estimate of drug-likeness (QED) is 0.585. The number of anilines is 1. The van der Waals surface area contributed by atoms with Crippen molar-refractivity contribution < 1.29 is 14.6 Å². The van der Waals surface area contributed by atoms with E-state index in [9.17, 15) is 9.90 Å². The van der Waals surface area contributed by atoms with Gasteiger partial charge in [-0.25, -0.2) is 0 Å². The van der Waals surface area contributed by atoms with Gasteiger partial charge in [-0.2, -0.15) is 0 Å². The van der Waals surface area contributed by atoms with Crippen LogP contribution >= 0.6 is 0 Å². The summed E-state index contributed by atoms with van der Waals surface area (Å²) in [5, 5.41) is 12.3. The maximum atomic E-state index is 13.0. The van der Waals surface area contributed by atoms with Crippen molar-refractivity contribution in [2.75, 3.05) is 44.7 Å². The van der Waals surface area contributed by atoms with Crippen LogP contribution in [0.15, 0.2) is 48.8 Å². The number of aromatic nitrogens is 2. The largest absolute Gasteiger partial charge is 0.492 e. The van der Waals surface area contributed by atoms with Crippen LogP contribution in [0.2, 0.25) is 0 Å². The molecule has 0 radical (unpaired) electrons. The van der Waals surface area contributed by atoms with Crippen LogP contribution in [0.3, 0.4) is 0 Å². The van der Waals surface area contributed by atoms with Gasteiger partial charge in [0.1, 0.15) is 18.0 Å². The smallest absolute Gasteiger partial charge is 0.253 e. The summed E-state index contributed by atoms with van der Waals surface area (Å²) in [5.74, 6) is 0.443. The molecular formula is C24H29N5O3. The number of hydrogen-bond acceptors (Lipinski definition) is 7. The summed E-state index contributed by atoms with van der Waals surface area (Å²) >= 11 is 0. The van der Waals surface area contributed by atoms with E-state index in [1.165, 1.54) is 0 Å². The summed E-state index contributed by atoms with van der Waals surface area (Å²) in [7, 11) is 1.71. The fourth-order valence-electron chi connectivity index (χ4n) is 4.26. The molecule has 168 valence electrons. The number of fused-ring (bicyclic) bond motifs is 1. The number of likely N-dealkylation sites (N-methyl/N-ethyl adjacent to an activating group) is 1. The lowest BCUT2D eigenvalue weighted by Crippen LogP contribution is -2.45. The number of aliphatic hydroxyl groups is 1. The molecule has 0 saturated carbocycles. The van der Waals surface area contributed by atoms with Crippen LogP contribution in [0.5, 0.6) is 5.75 Å². The van der Waals surface area contributed by atoms with E-state index < -0.39 is 5.60 Å². The molecule has 1 saturated heterocycles. The summed E-state index contributed by atoms with van der Waals surface area (Å²) < 4.78 is 5.52. The van der Waals surface area contributed by atoms with E-state index in [1.807, 2.05) is 25.3 Å². The predicted molar refractivity (Wildman–Crippen MR) is 124 cm³/mol. The second-order valence-corrected chi connectivity index (χ2v) is 8.40. The monoisotopic (exact) mass is 435 g/mol. The van der Waals surface area contributed by atoms with Crippen LogP contribution in [-0.2, 0) is 0 Å². The van der Waals surface area contributed by atoms with Gasteiger partial charge in [-0.1, -0.05) is 6.07 Å². The van der Waals surface area contributed by atoms with Gasteiger partial charge in [-0.3, -0.25) is 14.8 Å². The SMILES string of the molecule is Cc1cc(N2CC[C@](O)(CN(C)C(=O)c3cccc(OCCN)c3)C2)c2cnccc2n1. The van der Waals surface area contributed by atoms with Crippen LogP contribution in [0, 0.1) is 6.92 Å². The molecule has 3 aromatic rings. The molecule has 3 heterocycles. The second kappa shape index (κ2) is 9.10. The highest BCUT2D eigenvalue weighted by molar-refractivity contribution is 5.94. The number of carbonyl (C=O) groups is 1. The highest BCUT2D eigenvalue weighted by atomic mass is 16.5. The first-order valence-electron chi connectivity index (χ1n) is 10.8. The zero-order valence-electron chi connectivity index (χ0n) is 18.5. The van der Waals surface area contributed by atoms with E-state index in [4.69, 9.17) is 10.5 Å². The van der Waals surface area contributed by atoms with Crippen molar-refractivity contribution in [1.29, 1.82) is 0 Å². The number of hydrogen-bond donors (Lipinski definition) is 2. The molecule has 8 nitrogen and oxygen atoms in total. The number of carbonyl (C=O) groups excluding carboxylic acids is 1. The van der Waals surface area contributed by atoms with Gasteiger partial charge in [-0.05, 0) is 43.7 Å². The number of benzene rings is 1. The van der Waals surface area contributed by atoms with Gasteiger partial charge in [0.25, 0.3) is 5.91 Å². The Hall–Kier alpha value is -3.23. The van der Waals surface area contributed by atoms with Crippen LogP contribution in [0.25, 0.3) is 10.9 Å². The van der Waals surface area contributed by atoms with Crippen molar-refractivity contribution in [3.63, 3.8) is 0 Å². The maximum Gasteiger partial charge on any atom is 0.253 e. The van der Waals surface area contributed by atoms with Crippen LogP contribution in [-0.4, -0.2) is 71.3 Å². The lowest BCUT2D eigenvalue weighted by Gasteiger charge is -2.30. The van der Waals surface area contributed by atoms with E-state index in [2.05, 4.69) is 14.9 Å². The Kier molecular flexibility index (Phi) is 6.25. The average molecular weight is 436 g/mol. The van der Waals surface area contributed by atoms with Crippen molar-refractivity contribution in [3.8, 4) is 5.75 Å². The molecule has 0 unspecified atom stereocenters. The first kappa shape index (κ1) is 22.0. The third-order valence-electron chi connectivity index (χ3n) is 5.74. The fraction of sp³-hybridized carbons (Fsp3) is 0.375. The van der Waals surface area contributed by atoms with E-state index in [0.717, 1.165) is 22.3 Å². The van der Waals surface area contributed by atoms with Crippen LogP contribution in [0.1, 0.15) is 22.5 Å². The number of nitrogens with two attached hydrogens (primary N) is 1. The zero-order valence-corrected chi connectivity index (χ0v) is 18.5. The Bertz CT molecular complexity index is 1120. The summed E-state index contributed by atoms with van der Waals surface area (Å²) in [6.07, 6.45) is 4.10. The number of pyridine rings is 2. The molecule has 2 aromatic heterocycles. The maximum absolute atomic E-state index is 13.0. The van der Waals surface area contributed by atoms with Crippen molar-refractivity contribution in [3.05, 3.63) is 60.0 Å². The van der Waals surface area contributed by atoms with Crippen molar-refractivity contribution in [1.82, 2.24) is 14.9 Å². The first-order chi connectivity index (χ1) is 15.4. The topological polar surface area (TPSA) is 105 Å². The minimum absolute atomic E-state index is 0.163. The summed E-state index contributed by atoms with van der Waals surface area (Å²) in [6.45, 7) is 4.11. The summed E-state index contributed by atoms with van der Waals surface area (Å²) in [6, 6.07) is 11.0. The van der Waals surface area contributed by atoms with E-state index >= 15 is 0 Å². The van der Waals surface area contributed by atoms with Crippen molar-refractivity contribution >= 4 is 22.5 Å². The third-order valence-corrected chi connectivity index (χ3v) is 5.74. The number of ether oxygens (including phenoxy) is 1. The number of nitrogens with zero attached hydrogens (tertiary/aromatic N) is 4. The summed E-state index contributed by atoms with van der Waals surface area (Å²) in [5.41, 5.74) is 7.80. The predicted octanol–water partition coefficient (Wildman–Crippen LogP) is 1.99. The number of amides is 1. The van der Waals surface area contributed by atoms with Crippen LogP contribution in [0.4, 0.5) is 5.69 Å². The molecule has 0 aliphatic carbocycles. The fourth-order valence-corrected chi connectivity index (χ4v) is 4.26. The molecule has 1 amide bonds. The lowest BCUT2D eigenvalue weighted by atomic mass is 10.0. The molecule has 1 aliphatic heterocycles. The van der Waals surface area contributed by atoms with Gasteiger partial charge in [0.05, 0.1) is 12.1 Å². The van der Waals surface area contributed by atoms with Gasteiger partial charge in [0.15, 0.2) is 0 Å². The molecule has 3 N–H and O–H groups in total. The van der Waals surface area contributed by atoms with E-state index in [-0.39, 0.29) is 12.5 Å². The molecule has 0 spiro atoms. The standard InChI is InChI=1S/C24H29N5O3/c1-17-12-22(20-14-26-9-6-21(20)27-17)29-10-7-24(31,16-29)15-28(2)23(30)18-4-3-5-19(13-18)32-11-8-25/h3-6,9,12-14,31H,7-8,10-11,15-16,25H2,1-2H3/t24-/m0/s1. The molecule has 32 heavy (non-hydrogen) atoms. The average Bonchev–Trinajstić information content (AvgIpc) is 3.18. The molecule has 1 atom stereocenters. The lowest BCUT2D eigenvalue weighted by molar-refractivity contribution is 0.0264. The number of rotatable bonds is 7. The molecular weight excluding hydrogens is 406 g/mol. The Morgan fingerprint density at radius 3 is 3.00 bits per heavy atom. The zero-order chi connectivity index (χ0) is 22.7. The molecule has 1 fully saturated rings. The minimum atomic E-state index is -1.01. The Morgan fingerprint density at radius 1 is 1.34 bits per heavy atom. The molecule has 8 heteroatoms. The third kappa shape index (κ3) is 4.66. The van der Waals surface area contributed by atoms with Gasteiger partial charge < -0.3 is 25.4 Å². The van der Waals surface area contributed by atoms with Gasteiger partial charge in [0.2, 0.25) is 0 Å². The molecule has 1 aliphatic rings. The highest BCUT2D eigenvalue weighted by Gasteiger charge is 2.38. The van der Waals surface area contributed by atoms with E-state index in [1.54, 1.807) is 42.4 Å². The summed E-state index contributed by atoms with van der Waals surface area (Å²) in [4.78, 5) is 25.5. The Labute approximate surface area is 187 Å². The minimum Gasteiger partial charge on any atom is -0.492 e. The van der Waals surface area contributed by atoms with Crippen molar-refractivity contribution in [2.45, 2.75) is 18.9 Å². The Balaban J connectivity index is 1.47. The molecule has 0 bridgehead atoms. The molecule has 1 aromatic carbocycles.